The van der Waals surface area contributed by atoms with Gasteiger partial charge in [0.05, 0.1) is 23.3 Å². The summed E-state index contributed by atoms with van der Waals surface area (Å²) in [6, 6.07) is 8.62. The topological polar surface area (TPSA) is 51.4 Å². The van der Waals surface area contributed by atoms with Crippen molar-refractivity contribution in [2.24, 2.45) is 5.73 Å². The van der Waals surface area contributed by atoms with Crippen LogP contribution in [0.25, 0.3) is 10.9 Å². The van der Waals surface area contributed by atoms with Crippen LogP contribution in [0, 0.1) is 0 Å². The summed E-state index contributed by atoms with van der Waals surface area (Å²) < 4.78 is 5.71. The van der Waals surface area contributed by atoms with Crippen LogP contribution >= 0.6 is 0 Å². The van der Waals surface area contributed by atoms with Crippen molar-refractivity contribution in [1.82, 2.24) is 4.98 Å². The molecule has 4 heteroatoms. The number of nitrogens with two attached hydrogens (primary N) is 1. The maximum Gasteiger partial charge on any atom is 0.0750 e. The van der Waals surface area contributed by atoms with Crippen molar-refractivity contribution in [2.75, 3.05) is 18.6 Å². The number of rotatable bonds is 3. The molecule has 1 aliphatic heterocycles. The second-order valence-electron chi connectivity index (χ2n) is 5.40. The predicted octanol–water partition coefficient (Wildman–Crippen LogP) is 2.31. The summed E-state index contributed by atoms with van der Waals surface area (Å²) in [6.45, 7) is 3.47. The summed E-state index contributed by atoms with van der Waals surface area (Å²) >= 11 is 0. The monoisotopic (exact) mass is 271 g/mol. The maximum absolute atomic E-state index is 5.91. The molecule has 1 fully saturated rings. The van der Waals surface area contributed by atoms with Gasteiger partial charge in [0.15, 0.2) is 0 Å². The molecular weight excluding hydrogens is 250 g/mol. The Labute approximate surface area is 119 Å². The van der Waals surface area contributed by atoms with Crippen molar-refractivity contribution in [3.8, 4) is 0 Å². The first-order valence-corrected chi connectivity index (χ1v) is 7.13. The fourth-order valence-electron chi connectivity index (χ4n) is 3.13. The molecule has 1 aliphatic rings. The number of nitrogens with zero attached hydrogens (tertiary/aromatic N) is 2. The lowest BCUT2D eigenvalue weighted by Gasteiger charge is -2.31. The number of pyridine rings is 1. The third-order valence-corrected chi connectivity index (χ3v) is 4.23. The normalized spacial score (nSPS) is 22.4. The van der Waals surface area contributed by atoms with Gasteiger partial charge >= 0.3 is 0 Å². The van der Waals surface area contributed by atoms with Crippen molar-refractivity contribution in [3.63, 3.8) is 0 Å². The molecule has 4 nitrogen and oxygen atoms in total. The van der Waals surface area contributed by atoms with Crippen LogP contribution in [-0.4, -0.2) is 30.8 Å². The maximum atomic E-state index is 5.91. The van der Waals surface area contributed by atoms with E-state index in [0.717, 1.165) is 29.5 Å². The highest BCUT2D eigenvalue weighted by atomic mass is 16.5. The third-order valence-electron chi connectivity index (χ3n) is 4.23. The molecule has 1 aromatic heterocycles. The fourth-order valence-corrected chi connectivity index (χ4v) is 3.13. The summed E-state index contributed by atoms with van der Waals surface area (Å²) in [5.74, 6) is 0. The minimum absolute atomic E-state index is 0.248. The van der Waals surface area contributed by atoms with Crippen LogP contribution in [0.4, 0.5) is 5.69 Å². The Balaban J connectivity index is 2.12. The van der Waals surface area contributed by atoms with Gasteiger partial charge in [-0.15, -0.1) is 0 Å². The van der Waals surface area contributed by atoms with Gasteiger partial charge in [0.1, 0.15) is 0 Å². The lowest BCUT2D eigenvalue weighted by Crippen LogP contribution is -2.37. The van der Waals surface area contributed by atoms with Gasteiger partial charge in [-0.25, -0.2) is 0 Å². The molecular formula is C16H21N3O. The molecule has 2 aromatic rings. The quantitative estimate of drug-likeness (QED) is 0.930. The SMILES string of the molecule is CC1OCCC1N(C)c1c(CN)cnc2ccccc12. The minimum Gasteiger partial charge on any atom is -0.376 e. The van der Waals surface area contributed by atoms with Gasteiger partial charge in [0.25, 0.3) is 0 Å². The molecule has 0 amide bonds. The van der Waals surface area contributed by atoms with Crippen LogP contribution in [-0.2, 0) is 11.3 Å². The second-order valence-corrected chi connectivity index (χ2v) is 5.40. The highest BCUT2D eigenvalue weighted by Gasteiger charge is 2.29. The van der Waals surface area contributed by atoms with Crippen LogP contribution in [0.15, 0.2) is 30.5 Å². The Morgan fingerprint density at radius 1 is 1.40 bits per heavy atom. The fraction of sp³-hybridized carbons (Fsp3) is 0.438. The van der Waals surface area contributed by atoms with Crippen molar-refractivity contribution in [2.45, 2.75) is 32.0 Å². The van der Waals surface area contributed by atoms with E-state index in [-0.39, 0.29) is 6.10 Å². The number of ether oxygens (including phenoxy) is 1. The molecule has 0 spiro atoms. The molecule has 1 saturated heterocycles. The number of aromatic nitrogens is 1. The summed E-state index contributed by atoms with van der Waals surface area (Å²) in [7, 11) is 2.14. The summed E-state index contributed by atoms with van der Waals surface area (Å²) in [5.41, 5.74) is 9.21. The lowest BCUT2D eigenvalue weighted by atomic mass is 10.0. The number of benzene rings is 1. The van der Waals surface area contributed by atoms with Crippen LogP contribution in [0.2, 0.25) is 0 Å². The van der Waals surface area contributed by atoms with Crippen molar-refractivity contribution < 1.29 is 4.74 Å². The van der Waals surface area contributed by atoms with E-state index in [2.05, 4.69) is 36.0 Å². The molecule has 2 N–H and O–H groups in total. The standard InChI is InChI=1S/C16H21N3O/c1-11-15(7-8-20-11)19(2)16-12(9-17)10-18-14-6-4-3-5-13(14)16/h3-6,10-11,15H,7-9,17H2,1-2H3. The summed E-state index contributed by atoms with van der Waals surface area (Å²) in [5, 5.41) is 1.16. The lowest BCUT2D eigenvalue weighted by molar-refractivity contribution is 0.118. The van der Waals surface area contributed by atoms with Crippen LogP contribution in [0.5, 0.6) is 0 Å². The number of hydrogen-bond acceptors (Lipinski definition) is 4. The van der Waals surface area contributed by atoms with Gasteiger partial charge in [0.2, 0.25) is 0 Å². The molecule has 0 bridgehead atoms. The molecule has 0 aliphatic carbocycles. The Morgan fingerprint density at radius 2 is 2.20 bits per heavy atom. The van der Waals surface area contributed by atoms with Gasteiger partial charge in [-0.3, -0.25) is 4.98 Å². The molecule has 2 unspecified atom stereocenters. The zero-order valence-corrected chi connectivity index (χ0v) is 12.0. The Bertz CT molecular complexity index is 614. The van der Waals surface area contributed by atoms with E-state index in [1.807, 2.05) is 18.3 Å². The number of para-hydroxylation sites is 1. The first-order valence-electron chi connectivity index (χ1n) is 7.13. The first-order chi connectivity index (χ1) is 9.72. The summed E-state index contributed by atoms with van der Waals surface area (Å²) in [4.78, 5) is 6.83. The van der Waals surface area contributed by atoms with Crippen LogP contribution < -0.4 is 10.6 Å². The molecule has 1 aromatic carbocycles. The minimum atomic E-state index is 0.248. The molecule has 3 rings (SSSR count). The zero-order chi connectivity index (χ0) is 14.1. The Hall–Kier alpha value is -1.65. The van der Waals surface area contributed by atoms with Crippen molar-refractivity contribution in [3.05, 3.63) is 36.0 Å². The number of likely N-dealkylation sites (N-methyl/N-ethyl adjacent to an activating group) is 1. The van der Waals surface area contributed by atoms with Crippen LogP contribution in [0.3, 0.4) is 0 Å². The highest BCUT2D eigenvalue weighted by Crippen LogP contribution is 2.32. The molecule has 106 valence electrons. The Kier molecular flexibility index (Phi) is 3.59. The van der Waals surface area contributed by atoms with E-state index >= 15 is 0 Å². The van der Waals surface area contributed by atoms with Gasteiger partial charge < -0.3 is 15.4 Å². The molecule has 0 radical (unpaired) electrons. The van der Waals surface area contributed by atoms with E-state index in [4.69, 9.17) is 10.5 Å². The third kappa shape index (κ3) is 2.15. The second kappa shape index (κ2) is 5.38. The highest BCUT2D eigenvalue weighted by molar-refractivity contribution is 5.93. The average Bonchev–Trinajstić information content (AvgIpc) is 2.91. The first kappa shape index (κ1) is 13.3. The Morgan fingerprint density at radius 3 is 2.90 bits per heavy atom. The largest absolute Gasteiger partial charge is 0.376 e. The van der Waals surface area contributed by atoms with Gasteiger partial charge in [0, 0.05) is 37.3 Å². The molecule has 2 atom stereocenters. The number of anilines is 1. The van der Waals surface area contributed by atoms with Crippen molar-refractivity contribution in [1.29, 1.82) is 0 Å². The molecule has 20 heavy (non-hydrogen) atoms. The smallest absolute Gasteiger partial charge is 0.0750 e. The summed E-state index contributed by atoms with van der Waals surface area (Å²) in [6.07, 6.45) is 3.20. The average molecular weight is 271 g/mol. The molecule has 0 saturated carbocycles. The van der Waals surface area contributed by atoms with E-state index in [0.29, 0.717) is 12.6 Å². The van der Waals surface area contributed by atoms with Crippen LogP contribution in [0.1, 0.15) is 18.9 Å². The molecule has 2 heterocycles. The van der Waals surface area contributed by atoms with E-state index < -0.39 is 0 Å². The van der Waals surface area contributed by atoms with Gasteiger partial charge in [-0.1, -0.05) is 18.2 Å². The predicted molar refractivity (Wildman–Crippen MR) is 81.9 cm³/mol. The van der Waals surface area contributed by atoms with Crippen molar-refractivity contribution >= 4 is 16.6 Å². The van der Waals surface area contributed by atoms with Gasteiger partial charge in [-0.05, 0) is 19.4 Å². The van der Waals surface area contributed by atoms with E-state index in [1.165, 1.54) is 5.69 Å². The number of fused-ring (bicyclic) bond motifs is 1. The van der Waals surface area contributed by atoms with E-state index in [9.17, 15) is 0 Å². The number of hydrogen-bond donors (Lipinski definition) is 1. The van der Waals surface area contributed by atoms with Gasteiger partial charge in [-0.2, -0.15) is 0 Å². The zero-order valence-electron chi connectivity index (χ0n) is 12.0. The van der Waals surface area contributed by atoms with E-state index in [1.54, 1.807) is 0 Å².